The Labute approximate surface area is 54.4 Å². The molecule has 0 unspecified atom stereocenters. The third kappa shape index (κ3) is 1.42. The molecule has 1 aliphatic heterocycles. The van der Waals surface area contributed by atoms with Crippen LogP contribution in [0, 0.1) is 5.92 Å². The Hall–Kier alpha value is -0.570. The van der Waals surface area contributed by atoms with Crippen LogP contribution in [0.25, 0.3) is 0 Å². The van der Waals surface area contributed by atoms with Crippen molar-refractivity contribution in [3.05, 3.63) is 0 Å². The quantitative estimate of drug-likeness (QED) is 0.482. The largest absolute Gasteiger partial charge is 0.466 e. The lowest BCUT2D eigenvalue weighted by Crippen LogP contribution is -2.42. The zero-order chi connectivity index (χ0) is 6.69. The van der Waals surface area contributed by atoms with Gasteiger partial charge in [0.2, 0.25) is 0 Å². The number of hydrogen-bond donors (Lipinski definition) is 0. The zero-order valence-corrected chi connectivity index (χ0v) is 5.46. The lowest BCUT2D eigenvalue weighted by atomic mass is 10.0. The van der Waals surface area contributed by atoms with Crippen molar-refractivity contribution in [3.8, 4) is 0 Å². The van der Waals surface area contributed by atoms with E-state index in [1.54, 1.807) is 0 Å². The summed E-state index contributed by atoms with van der Waals surface area (Å²) in [6.07, 6.45) is 0. The monoisotopic (exact) mass is 128 g/mol. The van der Waals surface area contributed by atoms with E-state index >= 15 is 0 Å². The fourth-order valence-corrected chi connectivity index (χ4v) is 0.667. The second kappa shape index (κ2) is 2.82. The van der Waals surface area contributed by atoms with Crippen LogP contribution in [-0.4, -0.2) is 25.7 Å². The van der Waals surface area contributed by atoms with Gasteiger partial charge in [0, 0.05) is 13.1 Å². The highest BCUT2D eigenvalue weighted by Gasteiger charge is 2.26. The number of carbonyl (C=O) groups excluding carboxylic acids is 1. The Morgan fingerprint density at radius 1 is 1.78 bits per heavy atom. The van der Waals surface area contributed by atoms with Crippen LogP contribution in [0.15, 0.2) is 0 Å². The van der Waals surface area contributed by atoms with Crippen molar-refractivity contribution in [2.24, 2.45) is 5.92 Å². The van der Waals surface area contributed by atoms with Crippen LogP contribution >= 0.6 is 0 Å². The number of esters is 1. The maximum absolute atomic E-state index is 10.7. The Morgan fingerprint density at radius 3 is 2.78 bits per heavy atom. The Morgan fingerprint density at radius 2 is 2.44 bits per heavy atom. The standard InChI is InChI=1S/C6H10NO2/c1-2-9-6(8)5-3-7-4-5/h5H,2-4H2,1H3. The van der Waals surface area contributed by atoms with Crippen molar-refractivity contribution >= 4 is 5.97 Å². The molecule has 0 aromatic carbocycles. The van der Waals surface area contributed by atoms with E-state index in [1.807, 2.05) is 6.92 Å². The topological polar surface area (TPSA) is 40.4 Å². The van der Waals surface area contributed by atoms with E-state index in [-0.39, 0.29) is 11.9 Å². The Bertz CT molecular complexity index is 110. The average Bonchev–Trinajstić information content (AvgIpc) is 1.60. The van der Waals surface area contributed by atoms with E-state index in [0.29, 0.717) is 19.7 Å². The summed E-state index contributed by atoms with van der Waals surface area (Å²) in [5, 5.41) is 3.90. The van der Waals surface area contributed by atoms with E-state index in [1.165, 1.54) is 0 Å². The normalized spacial score (nSPS) is 18.8. The molecule has 1 heterocycles. The van der Waals surface area contributed by atoms with Crippen LogP contribution in [0.3, 0.4) is 0 Å². The van der Waals surface area contributed by atoms with E-state index in [4.69, 9.17) is 4.74 Å². The maximum atomic E-state index is 10.7. The van der Waals surface area contributed by atoms with Crippen molar-refractivity contribution in [1.29, 1.82) is 0 Å². The summed E-state index contributed by atoms with van der Waals surface area (Å²) in [6, 6.07) is 0. The molecule has 0 aromatic rings. The lowest BCUT2D eigenvalue weighted by Gasteiger charge is -2.22. The molecule has 1 radical (unpaired) electrons. The number of nitrogens with zero attached hydrogens (tertiary/aromatic N) is 1. The molecule has 0 spiro atoms. The van der Waals surface area contributed by atoms with Gasteiger partial charge < -0.3 is 4.74 Å². The predicted octanol–water partition coefficient (Wildman–Crippen LogP) is -0.216. The minimum Gasteiger partial charge on any atom is -0.466 e. The van der Waals surface area contributed by atoms with Crippen LogP contribution in [0.2, 0.25) is 0 Å². The molecular weight excluding hydrogens is 118 g/mol. The molecule has 0 amide bonds. The van der Waals surface area contributed by atoms with Crippen molar-refractivity contribution in [2.75, 3.05) is 19.7 Å². The van der Waals surface area contributed by atoms with Crippen LogP contribution in [0.4, 0.5) is 0 Å². The highest BCUT2D eigenvalue weighted by molar-refractivity contribution is 5.73. The van der Waals surface area contributed by atoms with Gasteiger partial charge in [-0.3, -0.25) is 4.79 Å². The molecule has 0 aromatic heterocycles. The van der Waals surface area contributed by atoms with Gasteiger partial charge in [0.05, 0.1) is 12.5 Å². The predicted molar refractivity (Wildman–Crippen MR) is 32.0 cm³/mol. The van der Waals surface area contributed by atoms with E-state index < -0.39 is 0 Å². The van der Waals surface area contributed by atoms with Gasteiger partial charge in [0.25, 0.3) is 0 Å². The SMILES string of the molecule is CCOC(=O)C1C[N]C1. The highest BCUT2D eigenvalue weighted by Crippen LogP contribution is 2.06. The summed E-state index contributed by atoms with van der Waals surface area (Å²) in [5.41, 5.74) is 0. The second-order valence-electron chi connectivity index (χ2n) is 2.04. The molecule has 1 saturated heterocycles. The highest BCUT2D eigenvalue weighted by atomic mass is 16.5. The van der Waals surface area contributed by atoms with Crippen molar-refractivity contribution in [1.82, 2.24) is 5.32 Å². The molecule has 0 N–H and O–H groups in total. The molecule has 3 heteroatoms. The first-order valence-electron chi connectivity index (χ1n) is 3.14. The number of carbonyl (C=O) groups is 1. The Balaban J connectivity index is 2.16. The summed E-state index contributed by atoms with van der Waals surface area (Å²) in [7, 11) is 0. The van der Waals surface area contributed by atoms with Crippen LogP contribution < -0.4 is 5.32 Å². The van der Waals surface area contributed by atoms with Gasteiger partial charge in [0.1, 0.15) is 0 Å². The molecule has 3 nitrogen and oxygen atoms in total. The second-order valence-corrected chi connectivity index (χ2v) is 2.04. The first kappa shape index (κ1) is 6.55. The summed E-state index contributed by atoms with van der Waals surface area (Å²) in [5.74, 6) is -0.0162. The van der Waals surface area contributed by atoms with Crippen LogP contribution in [0.5, 0.6) is 0 Å². The molecule has 1 aliphatic rings. The molecule has 0 aliphatic carbocycles. The summed E-state index contributed by atoms with van der Waals surface area (Å²) >= 11 is 0. The summed E-state index contributed by atoms with van der Waals surface area (Å²) in [4.78, 5) is 10.7. The zero-order valence-electron chi connectivity index (χ0n) is 5.46. The van der Waals surface area contributed by atoms with E-state index in [0.717, 1.165) is 0 Å². The molecule has 0 saturated carbocycles. The van der Waals surface area contributed by atoms with Gasteiger partial charge in [-0.15, -0.1) is 0 Å². The first-order valence-corrected chi connectivity index (χ1v) is 3.14. The van der Waals surface area contributed by atoms with Gasteiger partial charge in [-0.25, -0.2) is 5.32 Å². The van der Waals surface area contributed by atoms with Gasteiger partial charge in [-0.05, 0) is 6.92 Å². The van der Waals surface area contributed by atoms with Crippen molar-refractivity contribution < 1.29 is 9.53 Å². The first-order chi connectivity index (χ1) is 4.34. The maximum Gasteiger partial charge on any atom is 0.311 e. The summed E-state index contributed by atoms with van der Waals surface area (Å²) < 4.78 is 4.75. The van der Waals surface area contributed by atoms with Gasteiger partial charge in [-0.1, -0.05) is 0 Å². The minimum absolute atomic E-state index is 0.0740. The van der Waals surface area contributed by atoms with Crippen LogP contribution in [0.1, 0.15) is 6.92 Å². The van der Waals surface area contributed by atoms with Gasteiger partial charge in [0.15, 0.2) is 0 Å². The van der Waals surface area contributed by atoms with Crippen molar-refractivity contribution in [2.45, 2.75) is 6.92 Å². The Kier molecular flexibility index (Phi) is 2.05. The van der Waals surface area contributed by atoms with Gasteiger partial charge >= 0.3 is 5.97 Å². The summed E-state index contributed by atoms with van der Waals surface area (Å²) in [6.45, 7) is 3.63. The fourth-order valence-electron chi connectivity index (χ4n) is 0.667. The molecule has 1 fully saturated rings. The molecule has 9 heavy (non-hydrogen) atoms. The van der Waals surface area contributed by atoms with Gasteiger partial charge in [-0.2, -0.15) is 0 Å². The molecule has 1 rings (SSSR count). The van der Waals surface area contributed by atoms with Crippen molar-refractivity contribution in [3.63, 3.8) is 0 Å². The molecule has 51 valence electrons. The number of rotatable bonds is 2. The fraction of sp³-hybridized carbons (Fsp3) is 0.833. The van der Waals surface area contributed by atoms with E-state index in [2.05, 4.69) is 5.32 Å². The number of ether oxygens (including phenoxy) is 1. The minimum atomic E-state index is -0.0903. The lowest BCUT2D eigenvalue weighted by molar-refractivity contribution is -0.149. The molecule has 0 bridgehead atoms. The smallest absolute Gasteiger partial charge is 0.311 e. The molecular formula is C6H10NO2. The third-order valence-corrected chi connectivity index (χ3v) is 1.32. The molecule has 0 atom stereocenters. The number of hydrogen-bond acceptors (Lipinski definition) is 2. The third-order valence-electron chi connectivity index (χ3n) is 1.32. The average molecular weight is 128 g/mol. The van der Waals surface area contributed by atoms with Crippen LogP contribution in [-0.2, 0) is 9.53 Å². The van der Waals surface area contributed by atoms with E-state index in [9.17, 15) is 4.79 Å².